The predicted octanol–water partition coefficient (Wildman–Crippen LogP) is 4.93. The van der Waals surface area contributed by atoms with Crippen molar-refractivity contribution in [2.75, 3.05) is 17.6 Å². The van der Waals surface area contributed by atoms with Crippen LogP contribution in [-0.2, 0) is 11.3 Å². The first kappa shape index (κ1) is 26.2. The Morgan fingerprint density at radius 1 is 0.973 bits per heavy atom. The molecule has 0 spiro atoms. The molecule has 2 N–H and O–H groups in total. The number of aryl methyl sites for hydroxylation is 2. The summed E-state index contributed by atoms with van der Waals surface area (Å²) in [6.45, 7) is 6.87. The number of hydrogen-bond acceptors (Lipinski definition) is 5. The fourth-order valence-electron chi connectivity index (χ4n) is 4.06. The van der Waals surface area contributed by atoms with Gasteiger partial charge in [0.1, 0.15) is 0 Å². The fourth-order valence-corrected chi connectivity index (χ4v) is 4.85. The second kappa shape index (κ2) is 11.9. The normalized spacial score (nSPS) is 10.9. The molecule has 0 radical (unpaired) electrons. The van der Waals surface area contributed by atoms with Crippen molar-refractivity contribution in [3.8, 4) is 0 Å². The Labute approximate surface area is 220 Å². The molecule has 4 aromatic rings. The first-order valence-corrected chi connectivity index (χ1v) is 13.2. The number of amides is 2. The molecule has 0 saturated heterocycles. The van der Waals surface area contributed by atoms with Gasteiger partial charge in [0.2, 0.25) is 5.91 Å². The maximum absolute atomic E-state index is 13.4. The maximum atomic E-state index is 13.4. The van der Waals surface area contributed by atoms with Crippen molar-refractivity contribution in [3.63, 3.8) is 0 Å². The molecule has 0 unspecified atom stereocenters. The summed E-state index contributed by atoms with van der Waals surface area (Å²) < 4.78 is 1.59. The number of nitrogens with one attached hydrogen (secondary N) is 2. The molecule has 0 saturated carbocycles. The third-order valence-electron chi connectivity index (χ3n) is 5.76. The van der Waals surface area contributed by atoms with Crippen LogP contribution in [0.4, 0.5) is 5.69 Å². The zero-order chi connectivity index (χ0) is 26.4. The summed E-state index contributed by atoms with van der Waals surface area (Å²) in [5.41, 5.74) is 4.72. The molecule has 0 aliphatic rings. The van der Waals surface area contributed by atoms with Gasteiger partial charge in [0, 0.05) is 17.8 Å². The standard InChI is InChI=1S/C29H30N4O3S/c1-4-13-30-27(35)22-11-9-21(10-12-22)17-33-28(36)24-7-5-6-8-25(24)32-29(33)37-18-26(34)31-23-15-19(2)14-20(3)16-23/h5-12,14-16H,4,13,17-18H2,1-3H3,(H,30,35)(H,31,34). The summed E-state index contributed by atoms with van der Waals surface area (Å²) in [4.78, 5) is 43.0. The van der Waals surface area contributed by atoms with E-state index in [9.17, 15) is 14.4 Å². The Morgan fingerprint density at radius 3 is 2.38 bits per heavy atom. The van der Waals surface area contributed by atoms with Gasteiger partial charge < -0.3 is 10.6 Å². The van der Waals surface area contributed by atoms with Gasteiger partial charge in [0.25, 0.3) is 11.5 Å². The molecule has 7 nitrogen and oxygen atoms in total. The number of para-hydroxylation sites is 1. The summed E-state index contributed by atoms with van der Waals surface area (Å²) in [6, 6.07) is 20.3. The van der Waals surface area contributed by atoms with Gasteiger partial charge in [0.05, 0.1) is 23.2 Å². The fraction of sp³-hybridized carbons (Fsp3) is 0.241. The second-order valence-electron chi connectivity index (χ2n) is 8.97. The van der Waals surface area contributed by atoms with Gasteiger partial charge in [-0.25, -0.2) is 4.98 Å². The van der Waals surface area contributed by atoms with Gasteiger partial charge >= 0.3 is 0 Å². The lowest BCUT2D eigenvalue weighted by atomic mass is 10.1. The Morgan fingerprint density at radius 2 is 1.68 bits per heavy atom. The van der Waals surface area contributed by atoms with Crippen LogP contribution in [0.25, 0.3) is 10.9 Å². The number of fused-ring (bicyclic) bond motifs is 1. The van der Waals surface area contributed by atoms with E-state index in [2.05, 4.69) is 10.6 Å². The van der Waals surface area contributed by atoms with Gasteiger partial charge in [-0.05, 0) is 73.4 Å². The molecule has 0 aliphatic heterocycles. The number of carbonyl (C=O) groups is 2. The summed E-state index contributed by atoms with van der Waals surface area (Å²) in [7, 11) is 0. The van der Waals surface area contributed by atoms with E-state index < -0.39 is 0 Å². The van der Waals surface area contributed by atoms with E-state index in [4.69, 9.17) is 4.98 Å². The minimum absolute atomic E-state index is 0.105. The summed E-state index contributed by atoms with van der Waals surface area (Å²) in [6.07, 6.45) is 0.866. The number of hydrogen-bond donors (Lipinski definition) is 2. The highest BCUT2D eigenvalue weighted by Gasteiger charge is 2.15. The molecule has 4 rings (SSSR count). The quantitative estimate of drug-likeness (QED) is 0.244. The Bertz CT molecular complexity index is 1480. The van der Waals surface area contributed by atoms with Crippen LogP contribution in [0.2, 0.25) is 0 Å². The van der Waals surface area contributed by atoms with E-state index in [0.29, 0.717) is 28.2 Å². The Balaban J connectivity index is 1.56. The molecule has 8 heteroatoms. The number of nitrogens with zero attached hydrogens (tertiary/aromatic N) is 2. The van der Waals surface area contributed by atoms with Gasteiger partial charge in [-0.3, -0.25) is 19.0 Å². The lowest BCUT2D eigenvalue weighted by Gasteiger charge is -2.14. The molecule has 0 fully saturated rings. The van der Waals surface area contributed by atoms with Crippen molar-refractivity contribution in [3.05, 3.63) is 99.3 Å². The highest BCUT2D eigenvalue weighted by molar-refractivity contribution is 7.99. The predicted molar refractivity (Wildman–Crippen MR) is 149 cm³/mol. The summed E-state index contributed by atoms with van der Waals surface area (Å²) >= 11 is 1.22. The molecule has 0 aliphatic carbocycles. The highest BCUT2D eigenvalue weighted by atomic mass is 32.2. The number of benzene rings is 3. The van der Waals surface area contributed by atoms with Crippen molar-refractivity contribution in [1.82, 2.24) is 14.9 Å². The van der Waals surface area contributed by atoms with Crippen LogP contribution < -0.4 is 16.2 Å². The molecule has 0 bridgehead atoms. The first-order valence-electron chi connectivity index (χ1n) is 12.2. The van der Waals surface area contributed by atoms with Crippen LogP contribution in [0.1, 0.15) is 40.4 Å². The summed E-state index contributed by atoms with van der Waals surface area (Å²) in [5, 5.41) is 6.77. The Kier molecular flexibility index (Phi) is 8.40. The highest BCUT2D eigenvalue weighted by Crippen LogP contribution is 2.20. The summed E-state index contributed by atoms with van der Waals surface area (Å²) in [5.74, 6) is -0.190. The third-order valence-corrected chi connectivity index (χ3v) is 6.73. The smallest absolute Gasteiger partial charge is 0.262 e. The molecule has 0 atom stereocenters. The molecular weight excluding hydrogens is 484 g/mol. The van der Waals surface area contributed by atoms with Gasteiger partial charge in [-0.2, -0.15) is 0 Å². The van der Waals surface area contributed by atoms with Crippen molar-refractivity contribution < 1.29 is 9.59 Å². The molecule has 2 amide bonds. The van der Waals surface area contributed by atoms with Crippen molar-refractivity contribution in [2.24, 2.45) is 0 Å². The van der Waals surface area contributed by atoms with Crippen LogP contribution in [0.15, 0.2) is 76.7 Å². The monoisotopic (exact) mass is 514 g/mol. The van der Waals surface area contributed by atoms with Gasteiger partial charge in [-0.1, -0.05) is 49.0 Å². The van der Waals surface area contributed by atoms with Crippen molar-refractivity contribution in [2.45, 2.75) is 38.9 Å². The lowest BCUT2D eigenvalue weighted by molar-refractivity contribution is -0.113. The van der Waals surface area contributed by atoms with Gasteiger partial charge in [0.15, 0.2) is 5.16 Å². The van der Waals surface area contributed by atoms with Crippen molar-refractivity contribution >= 4 is 40.2 Å². The van der Waals surface area contributed by atoms with E-state index in [1.807, 2.05) is 63.2 Å². The van der Waals surface area contributed by atoms with Crippen LogP contribution in [0, 0.1) is 13.8 Å². The maximum Gasteiger partial charge on any atom is 0.262 e. The van der Waals surface area contributed by atoms with E-state index in [-0.39, 0.29) is 29.7 Å². The number of aromatic nitrogens is 2. The third kappa shape index (κ3) is 6.65. The average molecular weight is 515 g/mol. The number of thioether (sulfide) groups is 1. The van der Waals surface area contributed by atoms with E-state index >= 15 is 0 Å². The van der Waals surface area contributed by atoms with E-state index in [1.165, 1.54) is 11.8 Å². The van der Waals surface area contributed by atoms with Crippen molar-refractivity contribution in [1.29, 1.82) is 0 Å². The molecule has 3 aromatic carbocycles. The molecule has 1 heterocycles. The first-order chi connectivity index (χ1) is 17.8. The minimum Gasteiger partial charge on any atom is -0.352 e. The Hall–Kier alpha value is -3.91. The van der Waals surface area contributed by atoms with E-state index in [1.54, 1.807) is 28.8 Å². The van der Waals surface area contributed by atoms with Crippen LogP contribution in [0.5, 0.6) is 0 Å². The number of rotatable bonds is 9. The van der Waals surface area contributed by atoms with E-state index in [0.717, 1.165) is 28.8 Å². The average Bonchev–Trinajstić information content (AvgIpc) is 2.87. The van der Waals surface area contributed by atoms with Crippen LogP contribution in [-0.4, -0.2) is 33.7 Å². The largest absolute Gasteiger partial charge is 0.352 e. The SMILES string of the molecule is CCCNC(=O)c1ccc(Cn2c(SCC(=O)Nc3cc(C)cc(C)c3)nc3ccccc3c2=O)cc1. The second-order valence-corrected chi connectivity index (χ2v) is 9.91. The topological polar surface area (TPSA) is 93.1 Å². The molecule has 37 heavy (non-hydrogen) atoms. The molecule has 190 valence electrons. The number of anilines is 1. The minimum atomic E-state index is -0.175. The molecule has 1 aromatic heterocycles. The zero-order valence-corrected chi connectivity index (χ0v) is 22.0. The zero-order valence-electron chi connectivity index (χ0n) is 21.2. The van der Waals surface area contributed by atoms with Gasteiger partial charge in [-0.15, -0.1) is 0 Å². The molecular formula is C29H30N4O3S. The van der Waals surface area contributed by atoms with Crippen LogP contribution in [0.3, 0.4) is 0 Å². The number of carbonyl (C=O) groups excluding carboxylic acids is 2. The lowest BCUT2D eigenvalue weighted by Crippen LogP contribution is -2.25. The van der Waals surface area contributed by atoms with Crippen LogP contribution >= 0.6 is 11.8 Å².